The standard InChI is InChI=1S/C7H10ClNO3S/c1-2-9-13(10,11)7-4-3-6(5-8)12-7/h3-4,9H,2,5H2,1H3. The number of nitrogens with one attached hydrogen (secondary N) is 1. The van der Waals surface area contributed by atoms with Crippen LogP contribution in [0, 0.1) is 0 Å². The first-order valence-corrected chi connectivity index (χ1v) is 5.76. The van der Waals surface area contributed by atoms with Gasteiger partial charge in [0.25, 0.3) is 10.0 Å². The minimum absolute atomic E-state index is 0.0926. The molecule has 0 aromatic carbocycles. The number of hydrogen-bond acceptors (Lipinski definition) is 3. The maximum absolute atomic E-state index is 11.3. The van der Waals surface area contributed by atoms with Gasteiger partial charge >= 0.3 is 0 Å². The molecule has 1 aromatic rings. The third-order valence-corrected chi connectivity index (χ3v) is 3.05. The Morgan fingerprint density at radius 2 is 2.23 bits per heavy atom. The zero-order valence-corrected chi connectivity index (χ0v) is 8.65. The molecular weight excluding hydrogens is 214 g/mol. The topological polar surface area (TPSA) is 59.3 Å². The van der Waals surface area contributed by atoms with Crippen LogP contribution < -0.4 is 4.72 Å². The van der Waals surface area contributed by atoms with E-state index in [1.165, 1.54) is 12.1 Å². The van der Waals surface area contributed by atoms with Crippen LogP contribution in [0.5, 0.6) is 0 Å². The van der Waals surface area contributed by atoms with E-state index >= 15 is 0 Å². The lowest BCUT2D eigenvalue weighted by Crippen LogP contribution is -2.22. The molecule has 74 valence electrons. The predicted octanol–water partition coefficient (Wildman–Crippen LogP) is 1.32. The van der Waals surface area contributed by atoms with E-state index in [1.807, 2.05) is 0 Å². The van der Waals surface area contributed by atoms with Crippen molar-refractivity contribution in [3.05, 3.63) is 17.9 Å². The van der Waals surface area contributed by atoms with Crippen LogP contribution in [0.25, 0.3) is 0 Å². The summed E-state index contributed by atoms with van der Waals surface area (Å²) in [5, 5.41) is -0.0926. The van der Waals surface area contributed by atoms with Gasteiger partial charge in [-0.05, 0) is 12.1 Å². The highest BCUT2D eigenvalue weighted by atomic mass is 35.5. The Hall–Kier alpha value is -0.520. The van der Waals surface area contributed by atoms with Crippen molar-refractivity contribution in [2.24, 2.45) is 0 Å². The summed E-state index contributed by atoms with van der Waals surface area (Å²) < 4.78 is 29.9. The quantitative estimate of drug-likeness (QED) is 0.784. The molecule has 1 heterocycles. The first-order valence-electron chi connectivity index (χ1n) is 3.74. The Morgan fingerprint density at radius 1 is 1.54 bits per heavy atom. The van der Waals surface area contributed by atoms with E-state index in [1.54, 1.807) is 6.92 Å². The average Bonchev–Trinajstić information content (AvgIpc) is 2.52. The summed E-state index contributed by atoms with van der Waals surface area (Å²) in [7, 11) is -3.47. The summed E-state index contributed by atoms with van der Waals surface area (Å²) in [5.41, 5.74) is 0. The van der Waals surface area contributed by atoms with E-state index < -0.39 is 10.0 Å². The van der Waals surface area contributed by atoms with Gasteiger partial charge < -0.3 is 4.42 Å². The molecule has 0 bridgehead atoms. The van der Waals surface area contributed by atoms with Gasteiger partial charge in [-0.15, -0.1) is 11.6 Å². The van der Waals surface area contributed by atoms with Crippen molar-refractivity contribution in [1.29, 1.82) is 0 Å². The summed E-state index contributed by atoms with van der Waals surface area (Å²) >= 11 is 5.46. The second kappa shape index (κ2) is 4.13. The van der Waals surface area contributed by atoms with Gasteiger partial charge in [0, 0.05) is 6.54 Å². The summed E-state index contributed by atoms with van der Waals surface area (Å²) in [6, 6.07) is 2.92. The van der Waals surface area contributed by atoms with Gasteiger partial charge in [0.2, 0.25) is 5.09 Å². The maximum atomic E-state index is 11.3. The van der Waals surface area contributed by atoms with Crippen LogP contribution in [0.3, 0.4) is 0 Å². The lowest BCUT2D eigenvalue weighted by Gasteiger charge is -1.98. The highest BCUT2D eigenvalue weighted by Crippen LogP contribution is 2.14. The Kier molecular flexibility index (Phi) is 3.35. The van der Waals surface area contributed by atoms with Crippen molar-refractivity contribution in [3.8, 4) is 0 Å². The van der Waals surface area contributed by atoms with Crippen LogP contribution in [0.2, 0.25) is 0 Å². The predicted molar refractivity (Wildman–Crippen MR) is 49.1 cm³/mol. The summed E-state index contributed by atoms with van der Waals surface area (Å²) in [4.78, 5) is 0. The van der Waals surface area contributed by atoms with E-state index in [2.05, 4.69) is 4.72 Å². The summed E-state index contributed by atoms with van der Waals surface area (Å²) in [6.07, 6.45) is 0. The van der Waals surface area contributed by atoms with Crippen molar-refractivity contribution in [2.45, 2.75) is 17.9 Å². The van der Waals surface area contributed by atoms with Crippen LogP contribution in [0.1, 0.15) is 12.7 Å². The summed E-state index contributed by atoms with van der Waals surface area (Å²) in [6.45, 7) is 2.03. The van der Waals surface area contributed by atoms with Crippen molar-refractivity contribution in [3.63, 3.8) is 0 Å². The molecule has 6 heteroatoms. The van der Waals surface area contributed by atoms with Gasteiger partial charge in [0.05, 0.1) is 5.88 Å². The van der Waals surface area contributed by atoms with Gasteiger partial charge in [-0.3, -0.25) is 0 Å². The molecule has 0 radical (unpaired) electrons. The summed E-state index contributed by atoms with van der Waals surface area (Å²) in [5.74, 6) is 0.611. The normalized spacial score (nSPS) is 11.8. The average molecular weight is 224 g/mol. The fourth-order valence-corrected chi connectivity index (χ4v) is 1.97. The van der Waals surface area contributed by atoms with Crippen LogP contribution in [0.15, 0.2) is 21.6 Å². The van der Waals surface area contributed by atoms with E-state index in [0.717, 1.165) is 0 Å². The Labute approximate surface area is 81.9 Å². The fraction of sp³-hybridized carbons (Fsp3) is 0.429. The molecule has 0 saturated heterocycles. The van der Waals surface area contributed by atoms with Gasteiger partial charge in [-0.25, -0.2) is 13.1 Å². The van der Waals surface area contributed by atoms with Crippen molar-refractivity contribution < 1.29 is 12.8 Å². The molecule has 13 heavy (non-hydrogen) atoms. The molecule has 1 rings (SSSR count). The highest BCUT2D eigenvalue weighted by Gasteiger charge is 2.16. The minimum atomic E-state index is -3.47. The third kappa shape index (κ3) is 2.46. The molecule has 0 spiro atoms. The molecule has 0 aliphatic carbocycles. The van der Waals surface area contributed by atoms with Crippen LogP contribution >= 0.6 is 11.6 Å². The number of sulfonamides is 1. The second-order valence-electron chi connectivity index (χ2n) is 2.36. The second-order valence-corrected chi connectivity index (χ2v) is 4.32. The smallest absolute Gasteiger partial charge is 0.273 e. The molecule has 0 atom stereocenters. The molecule has 1 aromatic heterocycles. The van der Waals surface area contributed by atoms with Gasteiger partial charge in [-0.1, -0.05) is 6.92 Å². The van der Waals surface area contributed by atoms with Crippen LogP contribution in [-0.2, 0) is 15.9 Å². The minimum Gasteiger partial charge on any atom is -0.447 e. The molecule has 0 aliphatic heterocycles. The maximum Gasteiger partial charge on any atom is 0.273 e. The number of furan rings is 1. The molecule has 1 N–H and O–H groups in total. The van der Waals surface area contributed by atoms with Crippen LogP contribution in [0.4, 0.5) is 0 Å². The number of alkyl halides is 1. The third-order valence-electron chi connectivity index (χ3n) is 1.37. The number of hydrogen-bond donors (Lipinski definition) is 1. The van der Waals surface area contributed by atoms with E-state index in [4.69, 9.17) is 16.0 Å². The van der Waals surface area contributed by atoms with Crippen molar-refractivity contribution in [2.75, 3.05) is 6.54 Å². The monoisotopic (exact) mass is 223 g/mol. The van der Waals surface area contributed by atoms with Gasteiger partial charge in [0.1, 0.15) is 5.76 Å². The SMILES string of the molecule is CCNS(=O)(=O)c1ccc(CCl)o1. The van der Waals surface area contributed by atoms with E-state index in [0.29, 0.717) is 12.3 Å². The lowest BCUT2D eigenvalue weighted by atomic mass is 10.5. The number of rotatable bonds is 4. The first kappa shape index (κ1) is 10.6. The molecule has 0 amide bonds. The van der Waals surface area contributed by atoms with E-state index in [-0.39, 0.29) is 11.0 Å². The molecular formula is C7H10ClNO3S. The zero-order chi connectivity index (χ0) is 9.90. The molecule has 0 fully saturated rings. The van der Waals surface area contributed by atoms with E-state index in [9.17, 15) is 8.42 Å². The van der Waals surface area contributed by atoms with Crippen molar-refractivity contribution in [1.82, 2.24) is 4.72 Å². The Morgan fingerprint density at radius 3 is 2.69 bits per heavy atom. The fourth-order valence-electron chi connectivity index (χ4n) is 0.836. The van der Waals surface area contributed by atoms with Crippen molar-refractivity contribution >= 4 is 21.6 Å². The van der Waals surface area contributed by atoms with Crippen LogP contribution in [-0.4, -0.2) is 15.0 Å². The molecule has 0 saturated carbocycles. The Bertz CT molecular complexity index is 371. The zero-order valence-electron chi connectivity index (χ0n) is 7.08. The largest absolute Gasteiger partial charge is 0.447 e. The van der Waals surface area contributed by atoms with Gasteiger partial charge in [-0.2, -0.15) is 0 Å². The van der Waals surface area contributed by atoms with Gasteiger partial charge in [0.15, 0.2) is 0 Å². The molecule has 0 aliphatic rings. The number of halogens is 1. The Balaban J connectivity index is 2.94. The molecule has 0 unspecified atom stereocenters. The first-order chi connectivity index (χ1) is 6.10. The lowest BCUT2D eigenvalue weighted by molar-refractivity contribution is 0.422. The molecule has 4 nitrogen and oxygen atoms in total. The highest BCUT2D eigenvalue weighted by molar-refractivity contribution is 7.89.